The van der Waals surface area contributed by atoms with Crippen LogP contribution in [0.1, 0.15) is 16.8 Å². The lowest BCUT2D eigenvalue weighted by Crippen LogP contribution is -2.47. The summed E-state index contributed by atoms with van der Waals surface area (Å²) in [6.45, 7) is 3.01. The van der Waals surface area contributed by atoms with E-state index in [-0.39, 0.29) is 29.5 Å². The van der Waals surface area contributed by atoms with Crippen molar-refractivity contribution in [3.63, 3.8) is 0 Å². The summed E-state index contributed by atoms with van der Waals surface area (Å²) in [6.07, 6.45) is 0.847. The van der Waals surface area contributed by atoms with E-state index in [0.717, 1.165) is 25.2 Å². The molecule has 0 saturated carbocycles. The molecule has 2 aromatic rings. The van der Waals surface area contributed by atoms with Gasteiger partial charge in [-0.15, -0.1) is 0 Å². The predicted octanol–water partition coefficient (Wildman–Crippen LogP) is 1.71. The smallest absolute Gasteiger partial charge is 0.269 e. The van der Waals surface area contributed by atoms with Gasteiger partial charge >= 0.3 is 0 Å². The number of nitrogens with one attached hydrogen (secondary N) is 2. The quantitative estimate of drug-likeness (QED) is 0.569. The zero-order chi connectivity index (χ0) is 21.5. The summed E-state index contributed by atoms with van der Waals surface area (Å²) in [7, 11) is 0. The number of carbonyl (C=O) groups excluding carboxylic acids is 2. The van der Waals surface area contributed by atoms with E-state index in [1.807, 2.05) is 4.90 Å². The Morgan fingerprint density at radius 2 is 1.67 bits per heavy atom. The first-order valence-electron chi connectivity index (χ1n) is 9.49. The molecule has 0 atom stereocenters. The first kappa shape index (κ1) is 21.2. The van der Waals surface area contributed by atoms with Crippen molar-refractivity contribution in [1.82, 2.24) is 15.8 Å². The Balaban J connectivity index is 1.45. The molecule has 0 aliphatic carbocycles. The lowest BCUT2D eigenvalue weighted by atomic mass is 10.2. The van der Waals surface area contributed by atoms with E-state index in [1.165, 1.54) is 36.4 Å². The molecule has 2 amide bonds. The molecular weight excluding hydrogens is 393 g/mol. The molecular formula is C20H22FN5O4. The van der Waals surface area contributed by atoms with Crippen LogP contribution in [0.2, 0.25) is 0 Å². The summed E-state index contributed by atoms with van der Waals surface area (Å²) in [5.74, 6) is -1.19. The first-order chi connectivity index (χ1) is 14.4. The monoisotopic (exact) mass is 415 g/mol. The molecule has 9 nitrogen and oxygen atoms in total. The van der Waals surface area contributed by atoms with Crippen molar-refractivity contribution < 1.29 is 18.9 Å². The van der Waals surface area contributed by atoms with Gasteiger partial charge in [0.1, 0.15) is 5.82 Å². The summed E-state index contributed by atoms with van der Waals surface area (Å²) in [5.41, 5.74) is 5.70. The van der Waals surface area contributed by atoms with Gasteiger partial charge in [0.05, 0.1) is 11.5 Å². The Morgan fingerprint density at radius 1 is 0.967 bits per heavy atom. The van der Waals surface area contributed by atoms with Gasteiger partial charge in [0.15, 0.2) is 0 Å². The molecule has 0 spiro atoms. The van der Waals surface area contributed by atoms with Crippen molar-refractivity contribution in [2.24, 2.45) is 0 Å². The number of hydrogen-bond acceptors (Lipinski definition) is 6. The average Bonchev–Trinajstić information content (AvgIpc) is 2.98. The largest absolute Gasteiger partial charge is 0.370 e. The highest BCUT2D eigenvalue weighted by atomic mass is 19.1. The maximum atomic E-state index is 13.1. The fourth-order valence-electron chi connectivity index (χ4n) is 3.21. The molecule has 3 rings (SSSR count). The van der Waals surface area contributed by atoms with Crippen LogP contribution in [0.15, 0.2) is 48.5 Å². The Morgan fingerprint density at radius 3 is 2.33 bits per heavy atom. The van der Waals surface area contributed by atoms with Crippen LogP contribution >= 0.6 is 0 Å². The third kappa shape index (κ3) is 5.74. The van der Waals surface area contributed by atoms with Crippen LogP contribution < -0.4 is 15.8 Å². The minimum atomic E-state index is -0.559. The van der Waals surface area contributed by atoms with Crippen LogP contribution in [-0.2, 0) is 4.79 Å². The Labute approximate surface area is 172 Å². The molecule has 1 heterocycles. The van der Waals surface area contributed by atoms with Gasteiger partial charge < -0.3 is 4.90 Å². The number of nitro benzene ring substituents is 1. The number of carbonyl (C=O) groups is 2. The number of nitro groups is 1. The SMILES string of the molecule is O=C(CN1CCCN(c2ccc(F)cc2)CC1)NNC(=O)c1ccc([N+](=O)[O-])cc1. The second-order valence-corrected chi connectivity index (χ2v) is 6.90. The molecule has 0 bridgehead atoms. The van der Waals surface area contributed by atoms with Crippen LogP contribution in [0.25, 0.3) is 0 Å². The summed E-state index contributed by atoms with van der Waals surface area (Å²) in [5, 5.41) is 10.7. The fraction of sp³-hybridized carbons (Fsp3) is 0.300. The van der Waals surface area contributed by atoms with E-state index >= 15 is 0 Å². The zero-order valence-corrected chi connectivity index (χ0v) is 16.2. The lowest BCUT2D eigenvalue weighted by Gasteiger charge is -2.23. The Kier molecular flexibility index (Phi) is 6.91. The summed E-state index contributed by atoms with van der Waals surface area (Å²) in [4.78, 5) is 38.5. The van der Waals surface area contributed by atoms with Crippen molar-refractivity contribution in [2.75, 3.05) is 37.6 Å². The number of amides is 2. The summed E-state index contributed by atoms with van der Waals surface area (Å²) in [6, 6.07) is 11.4. The average molecular weight is 415 g/mol. The second kappa shape index (κ2) is 9.79. The standard InChI is InChI=1S/C20H22FN5O4/c21-16-4-8-17(9-5-16)25-11-1-10-24(12-13-25)14-19(27)22-23-20(28)15-2-6-18(7-3-15)26(29)30/h2-9H,1,10-14H2,(H,22,27)(H,23,28). The first-order valence-corrected chi connectivity index (χ1v) is 9.49. The van der Waals surface area contributed by atoms with Crippen LogP contribution in [0.3, 0.4) is 0 Å². The van der Waals surface area contributed by atoms with Gasteiger partial charge in [-0.2, -0.15) is 0 Å². The van der Waals surface area contributed by atoms with E-state index in [2.05, 4.69) is 15.8 Å². The molecule has 1 aliphatic heterocycles. The van der Waals surface area contributed by atoms with E-state index in [0.29, 0.717) is 13.1 Å². The molecule has 1 aliphatic rings. The van der Waals surface area contributed by atoms with E-state index in [1.54, 1.807) is 12.1 Å². The predicted molar refractivity (Wildman–Crippen MR) is 108 cm³/mol. The molecule has 10 heteroatoms. The van der Waals surface area contributed by atoms with Gasteiger partial charge in [0, 0.05) is 49.6 Å². The number of non-ortho nitro benzene ring substituents is 1. The molecule has 1 saturated heterocycles. The molecule has 0 aromatic heterocycles. The molecule has 30 heavy (non-hydrogen) atoms. The molecule has 0 unspecified atom stereocenters. The highest BCUT2D eigenvalue weighted by Gasteiger charge is 2.18. The summed E-state index contributed by atoms with van der Waals surface area (Å²) < 4.78 is 13.1. The number of rotatable bonds is 5. The van der Waals surface area contributed by atoms with Gasteiger partial charge in [-0.3, -0.25) is 35.5 Å². The summed E-state index contributed by atoms with van der Waals surface area (Å²) >= 11 is 0. The molecule has 158 valence electrons. The number of halogens is 1. The maximum Gasteiger partial charge on any atom is 0.269 e. The van der Waals surface area contributed by atoms with Crippen molar-refractivity contribution in [1.29, 1.82) is 0 Å². The van der Waals surface area contributed by atoms with Gasteiger partial charge in [-0.05, 0) is 42.8 Å². The molecule has 0 radical (unpaired) electrons. The Bertz CT molecular complexity index is 904. The topological polar surface area (TPSA) is 108 Å². The van der Waals surface area contributed by atoms with Crippen LogP contribution in [-0.4, -0.2) is 54.4 Å². The number of nitrogens with zero attached hydrogens (tertiary/aromatic N) is 3. The van der Waals surface area contributed by atoms with Crippen LogP contribution in [0, 0.1) is 15.9 Å². The zero-order valence-electron chi connectivity index (χ0n) is 16.2. The van der Waals surface area contributed by atoms with E-state index in [4.69, 9.17) is 0 Å². The van der Waals surface area contributed by atoms with Crippen LogP contribution in [0.5, 0.6) is 0 Å². The second-order valence-electron chi connectivity index (χ2n) is 6.90. The van der Waals surface area contributed by atoms with Crippen molar-refractivity contribution in [2.45, 2.75) is 6.42 Å². The Hall–Kier alpha value is -3.53. The minimum absolute atomic E-state index is 0.119. The molecule has 2 aromatic carbocycles. The third-order valence-corrected chi connectivity index (χ3v) is 4.80. The number of benzene rings is 2. The van der Waals surface area contributed by atoms with Gasteiger partial charge in [-0.25, -0.2) is 4.39 Å². The van der Waals surface area contributed by atoms with Gasteiger partial charge in [-0.1, -0.05) is 0 Å². The van der Waals surface area contributed by atoms with Crippen molar-refractivity contribution in [3.05, 3.63) is 70.0 Å². The van der Waals surface area contributed by atoms with Crippen molar-refractivity contribution in [3.8, 4) is 0 Å². The molecule has 2 N–H and O–H groups in total. The number of hydrogen-bond donors (Lipinski definition) is 2. The third-order valence-electron chi connectivity index (χ3n) is 4.80. The maximum absolute atomic E-state index is 13.1. The normalized spacial score (nSPS) is 14.6. The van der Waals surface area contributed by atoms with Gasteiger partial charge in [0.2, 0.25) is 0 Å². The highest BCUT2D eigenvalue weighted by molar-refractivity contribution is 5.95. The number of anilines is 1. The fourth-order valence-corrected chi connectivity index (χ4v) is 3.21. The van der Waals surface area contributed by atoms with E-state index in [9.17, 15) is 24.1 Å². The van der Waals surface area contributed by atoms with Crippen molar-refractivity contribution >= 4 is 23.2 Å². The highest BCUT2D eigenvalue weighted by Crippen LogP contribution is 2.17. The van der Waals surface area contributed by atoms with E-state index < -0.39 is 10.8 Å². The number of hydrazine groups is 1. The minimum Gasteiger partial charge on any atom is -0.370 e. The molecule has 1 fully saturated rings. The van der Waals surface area contributed by atoms with Gasteiger partial charge in [0.25, 0.3) is 17.5 Å². The lowest BCUT2D eigenvalue weighted by molar-refractivity contribution is -0.384. The van der Waals surface area contributed by atoms with Crippen LogP contribution in [0.4, 0.5) is 15.8 Å².